The Bertz CT molecular complexity index is 316. The van der Waals surface area contributed by atoms with Crippen molar-refractivity contribution in [2.24, 2.45) is 0 Å². The van der Waals surface area contributed by atoms with Gasteiger partial charge < -0.3 is 10.6 Å². The van der Waals surface area contributed by atoms with E-state index in [0.29, 0.717) is 0 Å². The maximum absolute atomic E-state index is 3.25. The third-order valence-corrected chi connectivity index (χ3v) is 3.03. The zero-order chi connectivity index (χ0) is 9.97. The second-order valence-electron chi connectivity index (χ2n) is 3.89. The second kappa shape index (κ2) is 4.11. The summed E-state index contributed by atoms with van der Waals surface area (Å²) in [5.41, 5.74) is 4.42. The molecule has 0 atom stereocenters. The summed E-state index contributed by atoms with van der Waals surface area (Å²) in [6.45, 7) is 0. The first-order valence-corrected chi connectivity index (χ1v) is 5.31. The van der Waals surface area contributed by atoms with Gasteiger partial charge in [0.05, 0.1) is 6.17 Å². The van der Waals surface area contributed by atoms with Crippen molar-refractivity contribution in [1.29, 1.82) is 0 Å². The van der Waals surface area contributed by atoms with Gasteiger partial charge in [0.25, 0.3) is 0 Å². The summed E-state index contributed by atoms with van der Waals surface area (Å²) in [7, 11) is 3.96. The zero-order valence-electron chi connectivity index (χ0n) is 8.93. The van der Waals surface area contributed by atoms with E-state index < -0.39 is 0 Å². The Morgan fingerprint density at radius 1 is 1.07 bits per heavy atom. The van der Waals surface area contributed by atoms with Crippen LogP contribution in [0, 0.1) is 0 Å². The minimum Gasteiger partial charge on any atom is -0.301 e. The van der Waals surface area contributed by atoms with Gasteiger partial charge in [0, 0.05) is 0 Å². The molecule has 0 aromatic heterocycles. The Labute approximate surface area is 85.7 Å². The van der Waals surface area contributed by atoms with Crippen molar-refractivity contribution in [2.45, 2.75) is 25.4 Å². The molecular weight excluding hydrogens is 172 g/mol. The van der Waals surface area contributed by atoms with E-state index in [1.54, 1.807) is 5.56 Å². The molecule has 1 aromatic carbocycles. The Balaban J connectivity index is 2.27. The molecule has 76 valence electrons. The van der Waals surface area contributed by atoms with Crippen LogP contribution in [0.1, 0.15) is 29.3 Å². The predicted molar refractivity (Wildman–Crippen MR) is 59.3 cm³/mol. The molecule has 2 N–H and O–H groups in total. The molecule has 0 spiro atoms. The highest BCUT2D eigenvalue weighted by molar-refractivity contribution is 5.36. The van der Waals surface area contributed by atoms with Crippen molar-refractivity contribution >= 4 is 0 Å². The first-order chi connectivity index (χ1) is 6.85. The highest BCUT2D eigenvalue weighted by Gasteiger charge is 2.13. The minimum atomic E-state index is 0.279. The van der Waals surface area contributed by atoms with Gasteiger partial charge in [0.2, 0.25) is 0 Å². The smallest absolute Gasteiger partial charge is 0.0830 e. The number of nitrogens with one attached hydrogen (secondary N) is 2. The van der Waals surface area contributed by atoms with E-state index in [1.165, 1.54) is 30.4 Å². The average Bonchev–Trinajstić information content (AvgIpc) is 2.66. The first kappa shape index (κ1) is 9.69. The van der Waals surface area contributed by atoms with E-state index in [9.17, 15) is 0 Å². The first-order valence-electron chi connectivity index (χ1n) is 5.31. The van der Waals surface area contributed by atoms with Crippen LogP contribution in [0.2, 0.25) is 0 Å². The maximum Gasteiger partial charge on any atom is 0.0830 e. The molecule has 0 aliphatic heterocycles. The number of benzene rings is 1. The lowest BCUT2D eigenvalue weighted by atomic mass is 10.0. The van der Waals surface area contributed by atoms with E-state index >= 15 is 0 Å². The molecule has 2 nitrogen and oxygen atoms in total. The molecule has 0 heterocycles. The number of hydrogen-bond donors (Lipinski definition) is 2. The van der Waals surface area contributed by atoms with Gasteiger partial charge in [0.1, 0.15) is 0 Å². The maximum atomic E-state index is 3.25. The van der Waals surface area contributed by atoms with Gasteiger partial charge in [-0.15, -0.1) is 0 Å². The summed E-state index contributed by atoms with van der Waals surface area (Å²) in [5.74, 6) is 0. The fourth-order valence-electron chi connectivity index (χ4n) is 2.25. The molecular formula is C12H18N2. The number of rotatable bonds is 3. The quantitative estimate of drug-likeness (QED) is 0.708. The van der Waals surface area contributed by atoms with Crippen LogP contribution >= 0.6 is 0 Å². The summed E-state index contributed by atoms with van der Waals surface area (Å²) in [4.78, 5) is 0. The van der Waals surface area contributed by atoms with Crippen LogP contribution in [-0.2, 0) is 12.8 Å². The van der Waals surface area contributed by atoms with E-state index in [2.05, 4.69) is 28.8 Å². The largest absolute Gasteiger partial charge is 0.301 e. The standard InChI is InChI=1S/C12H18N2/c1-13-12(14-2)11-7-6-9-4-3-5-10(9)8-11/h6-8,12-14H,3-5H2,1-2H3. The third kappa shape index (κ3) is 1.68. The molecule has 0 amide bonds. The molecule has 0 radical (unpaired) electrons. The number of aryl methyl sites for hydroxylation is 2. The van der Waals surface area contributed by atoms with Gasteiger partial charge in [0.15, 0.2) is 0 Å². The lowest BCUT2D eigenvalue weighted by Gasteiger charge is -2.16. The highest BCUT2D eigenvalue weighted by atomic mass is 15.1. The summed E-state index contributed by atoms with van der Waals surface area (Å²) in [6.07, 6.45) is 4.12. The molecule has 1 aliphatic rings. The molecule has 2 rings (SSSR count). The summed E-state index contributed by atoms with van der Waals surface area (Å²) in [5, 5.41) is 6.50. The van der Waals surface area contributed by atoms with E-state index in [4.69, 9.17) is 0 Å². The van der Waals surface area contributed by atoms with Crippen LogP contribution in [-0.4, -0.2) is 14.1 Å². The zero-order valence-corrected chi connectivity index (χ0v) is 8.93. The SMILES string of the molecule is CNC(NC)c1ccc2c(c1)CCC2. The molecule has 0 saturated heterocycles. The van der Waals surface area contributed by atoms with E-state index in [-0.39, 0.29) is 6.17 Å². The molecule has 1 aromatic rings. The Kier molecular flexibility index (Phi) is 2.85. The molecule has 0 bridgehead atoms. The molecule has 0 saturated carbocycles. The number of fused-ring (bicyclic) bond motifs is 1. The van der Waals surface area contributed by atoms with Crippen molar-refractivity contribution in [3.05, 3.63) is 34.9 Å². The molecule has 2 heteroatoms. The molecule has 14 heavy (non-hydrogen) atoms. The Morgan fingerprint density at radius 3 is 2.50 bits per heavy atom. The molecule has 0 fully saturated rings. The van der Waals surface area contributed by atoms with Gasteiger partial charge in [-0.3, -0.25) is 0 Å². The normalized spacial score (nSPS) is 14.8. The Hall–Kier alpha value is -0.860. The van der Waals surface area contributed by atoms with Crippen LogP contribution in [0.25, 0.3) is 0 Å². The summed E-state index contributed by atoms with van der Waals surface area (Å²) in [6, 6.07) is 6.83. The van der Waals surface area contributed by atoms with Gasteiger partial charge >= 0.3 is 0 Å². The van der Waals surface area contributed by atoms with Gasteiger partial charge in [-0.25, -0.2) is 0 Å². The van der Waals surface area contributed by atoms with Crippen molar-refractivity contribution in [2.75, 3.05) is 14.1 Å². The topological polar surface area (TPSA) is 24.1 Å². The highest BCUT2D eigenvalue weighted by Crippen LogP contribution is 2.24. The van der Waals surface area contributed by atoms with Crippen molar-refractivity contribution in [3.63, 3.8) is 0 Å². The van der Waals surface area contributed by atoms with Gasteiger partial charge in [-0.2, -0.15) is 0 Å². The van der Waals surface area contributed by atoms with Crippen LogP contribution in [0.15, 0.2) is 18.2 Å². The monoisotopic (exact) mass is 190 g/mol. The third-order valence-electron chi connectivity index (χ3n) is 3.03. The van der Waals surface area contributed by atoms with E-state index in [1.807, 2.05) is 14.1 Å². The fourth-order valence-corrected chi connectivity index (χ4v) is 2.25. The van der Waals surface area contributed by atoms with Crippen LogP contribution < -0.4 is 10.6 Å². The molecule has 1 aliphatic carbocycles. The predicted octanol–water partition coefficient (Wildman–Crippen LogP) is 1.61. The lowest BCUT2D eigenvalue weighted by molar-refractivity contribution is 0.519. The second-order valence-corrected chi connectivity index (χ2v) is 3.89. The van der Waals surface area contributed by atoms with E-state index in [0.717, 1.165) is 0 Å². The summed E-state index contributed by atoms with van der Waals surface area (Å²) >= 11 is 0. The van der Waals surface area contributed by atoms with Crippen molar-refractivity contribution in [1.82, 2.24) is 10.6 Å². The Morgan fingerprint density at radius 2 is 1.79 bits per heavy atom. The number of hydrogen-bond acceptors (Lipinski definition) is 2. The lowest BCUT2D eigenvalue weighted by Crippen LogP contribution is -2.28. The molecule has 0 unspecified atom stereocenters. The van der Waals surface area contributed by atoms with Crippen LogP contribution in [0.5, 0.6) is 0 Å². The van der Waals surface area contributed by atoms with Crippen LogP contribution in [0.4, 0.5) is 0 Å². The van der Waals surface area contributed by atoms with Crippen LogP contribution in [0.3, 0.4) is 0 Å². The minimum absolute atomic E-state index is 0.279. The van der Waals surface area contributed by atoms with Crippen molar-refractivity contribution < 1.29 is 0 Å². The van der Waals surface area contributed by atoms with Crippen molar-refractivity contribution in [3.8, 4) is 0 Å². The summed E-state index contributed by atoms with van der Waals surface area (Å²) < 4.78 is 0. The van der Waals surface area contributed by atoms with Gasteiger partial charge in [-0.1, -0.05) is 18.2 Å². The average molecular weight is 190 g/mol. The van der Waals surface area contributed by atoms with Gasteiger partial charge in [-0.05, 0) is 50.0 Å². The fraction of sp³-hybridized carbons (Fsp3) is 0.500.